The monoisotopic (exact) mass is 407 g/mol. The van der Waals surface area contributed by atoms with Gasteiger partial charge in [-0.2, -0.15) is 0 Å². The van der Waals surface area contributed by atoms with Gasteiger partial charge in [-0.3, -0.25) is 9.55 Å². The van der Waals surface area contributed by atoms with Gasteiger partial charge >= 0.3 is 0 Å². The van der Waals surface area contributed by atoms with Crippen LogP contribution in [0.4, 0.5) is 0 Å². The Morgan fingerprint density at radius 3 is 2.86 bits per heavy atom. The molecule has 0 amide bonds. The highest BCUT2D eigenvalue weighted by molar-refractivity contribution is 7.98. The smallest absolute Gasteiger partial charge is 0.192 e. The minimum Gasteiger partial charge on any atom is -0.299 e. The summed E-state index contributed by atoms with van der Waals surface area (Å²) in [5, 5.41) is 11.5. The summed E-state index contributed by atoms with van der Waals surface area (Å²) in [6, 6.07) is 12.8. The number of pyridine rings is 2. The lowest BCUT2D eigenvalue weighted by atomic mass is 10.1. The van der Waals surface area contributed by atoms with E-state index in [2.05, 4.69) is 55.9 Å². The average molecular weight is 408 g/mol. The Morgan fingerprint density at radius 1 is 1.18 bits per heavy atom. The van der Waals surface area contributed by atoms with Crippen LogP contribution in [0, 0.1) is 6.92 Å². The zero-order chi connectivity index (χ0) is 19.1. The van der Waals surface area contributed by atoms with Crippen LogP contribution >= 0.6 is 23.4 Å². The Hall–Kier alpha value is -2.44. The Kier molecular flexibility index (Phi) is 4.53. The summed E-state index contributed by atoms with van der Waals surface area (Å²) in [5.74, 6) is 1.59. The maximum absolute atomic E-state index is 6.46. The predicted octanol–water partition coefficient (Wildman–Crippen LogP) is 5.48. The zero-order valence-corrected chi connectivity index (χ0v) is 16.9. The lowest BCUT2D eigenvalue weighted by Crippen LogP contribution is -2.00. The van der Waals surface area contributed by atoms with Crippen molar-refractivity contribution in [1.29, 1.82) is 0 Å². The van der Waals surface area contributed by atoms with Gasteiger partial charge in [0.05, 0.1) is 5.52 Å². The molecule has 7 heteroatoms. The van der Waals surface area contributed by atoms with Gasteiger partial charge in [0.2, 0.25) is 0 Å². The molecule has 5 rings (SSSR count). The van der Waals surface area contributed by atoms with E-state index in [-0.39, 0.29) is 0 Å². The van der Waals surface area contributed by atoms with Gasteiger partial charge in [-0.25, -0.2) is 4.98 Å². The molecule has 140 valence electrons. The number of rotatable bonds is 5. The molecular formula is C21H18ClN5S. The lowest BCUT2D eigenvalue weighted by Gasteiger charge is -2.10. The van der Waals surface area contributed by atoms with Crippen molar-refractivity contribution in [3.63, 3.8) is 0 Å². The molecule has 0 N–H and O–H groups in total. The Labute approximate surface area is 172 Å². The topological polar surface area (TPSA) is 56.5 Å². The Balaban J connectivity index is 1.44. The molecule has 4 aromatic rings. The van der Waals surface area contributed by atoms with E-state index >= 15 is 0 Å². The van der Waals surface area contributed by atoms with Crippen molar-refractivity contribution in [2.75, 3.05) is 0 Å². The SMILES string of the molecule is Cc1ccc2cc(CSc3nnc(-c4cccnc4)n3C3CC3)c(Cl)nc2c1. The summed E-state index contributed by atoms with van der Waals surface area (Å²) < 4.78 is 2.24. The summed E-state index contributed by atoms with van der Waals surface area (Å²) in [6.45, 7) is 2.06. The first kappa shape index (κ1) is 17.6. The van der Waals surface area contributed by atoms with Crippen LogP contribution in [0.1, 0.15) is 30.0 Å². The third-order valence-electron chi connectivity index (χ3n) is 4.85. The Morgan fingerprint density at radius 2 is 2.07 bits per heavy atom. The van der Waals surface area contributed by atoms with Crippen LogP contribution in [0.2, 0.25) is 5.15 Å². The Bertz CT molecular complexity index is 1150. The van der Waals surface area contributed by atoms with Crippen molar-refractivity contribution in [3.05, 3.63) is 65.1 Å². The van der Waals surface area contributed by atoms with Gasteiger partial charge in [-0.05, 0) is 49.6 Å². The highest BCUT2D eigenvalue weighted by Gasteiger charge is 2.30. The molecule has 1 aromatic carbocycles. The quantitative estimate of drug-likeness (QED) is 0.324. The number of nitrogens with zero attached hydrogens (tertiary/aromatic N) is 5. The van der Waals surface area contributed by atoms with Crippen molar-refractivity contribution in [3.8, 4) is 11.4 Å². The highest BCUT2D eigenvalue weighted by atomic mass is 35.5. The highest BCUT2D eigenvalue weighted by Crippen LogP contribution is 2.41. The van der Waals surface area contributed by atoms with E-state index in [0.29, 0.717) is 16.9 Å². The van der Waals surface area contributed by atoms with E-state index in [1.807, 2.05) is 18.3 Å². The van der Waals surface area contributed by atoms with Crippen LogP contribution in [-0.2, 0) is 5.75 Å². The normalized spacial score (nSPS) is 13.9. The minimum atomic E-state index is 0.473. The maximum Gasteiger partial charge on any atom is 0.192 e. The molecular weight excluding hydrogens is 390 g/mol. The standard InChI is InChI=1S/C21H18ClN5S/c1-13-4-5-14-10-16(19(22)24-18(14)9-13)12-28-21-26-25-20(27(21)17-6-7-17)15-3-2-8-23-11-15/h2-5,8-11,17H,6-7,12H2,1H3. The molecule has 1 fully saturated rings. The van der Waals surface area contributed by atoms with Crippen LogP contribution in [0.15, 0.2) is 53.9 Å². The van der Waals surface area contributed by atoms with Gasteiger partial charge in [0.1, 0.15) is 5.15 Å². The van der Waals surface area contributed by atoms with Crippen molar-refractivity contribution >= 4 is 34.3 Å². The molecule has 0 unspecified atom stereocenters. The van der Waals surface area contributed by atoms with Crippen LogP contribution in [0.3, 0.4) is 0 Å². The predicted molar refractivity (Wildman–Crippen MR) is 113 cm³/mol. The minimum absolute atomic E-state index is 0.473. The number of aromatic nitrogens is 5. The first-order valence-electron chi connectivity index (χ1n) is 9.23. The van der Waals surface area contributed by atoms with E-state index in [0.717, 1.165) is 45.9 Å². The fourth-order valence-corrected chi connectivity index (χ4v) is 4.54. The van der Waals surface area contributed by atoms with Gasteiger partial charge in [-0.1, -0.05) is 35.5 Å². The van der Waals surface area contributed by atoms with Gasteiger partial charge in [-0.15, -0.1) is 10.2 Å². The number of benzene rings is 1. The molecule has 1 saturated carbocycles. The second-order valence-electron chi connectivity index (χ2n) is 7.07. The number of hydrogen-bond donors (Lipinski definition) is 0. The van der Waals surface area contributed by atoms with Crippen molar-refractivity contribution in [1.82, 2.24) is 24.7 Å². The van der Waals surface area contributed by atoms with Gasteiger partial charge in [0.15, 0.2) is 11.0 Å². The van der Waals surface area contributed by atoms with Crippen LogP contribution in [0.25, 0.3) is 22.3 Å². The molecule has 0 bridgehead atoms. The molecule has 3 heterocycles. The second kappa shape index (κ2) is 7.18. The van der Waals surface area contributed by atoms with E-state index in [4.69, 9.17) is 11.6 Å². The summed E-state index contributed by atoms with van der Waals surface area (Å²) in [4.78, 5) is 8.79. The summed E-state index contributed by atoms with van der Waals surface area (Å²) in [7, 11) is 0. The third kappa shape index (κ3) is 3.38. The van der Waals surface area contributed by atoms with E-state index in [1.54, 1.807) is 18.0 Å². The molecule has 28 heavy (non-hydrogen) atoms. The van der Waals surface area contributed by atoms with E-state index in [1.165, 1.54) is 5.56 Å². The largest absolute Gasteiger partial charge is 0.299 e. The lowest BCUT2D eigenvalue weighted by molar-refractivity contribution is 0.669. The van der Waals surface area contributed by atoms with Gasteiger partial charge < -0.3 is 0 Å². The molecule has 0 spiro atoms. The maximum atomic E-state index is 6.46. The third-order valence-corrected chi connectivity index (χ3v) is 6.17. The molecule has 1 aliphatic rings. The number of fused-ring (bicyclic) bond motifs is 1. The van der Waals surface area contributed by atoms with E-state index < -0.39 is 0 Å². The average Bonchev–Trinajstić information content (AvgIpc) is 3.46. The fourth-order valence-electron chi connectivity index (χ4n) is 3.27. The molecule has 0 saturated heterocycles. The van der Waals surface area contributed by atoms with Crippen LogP contribution in [-0.4, -0.2) is 24.7 Å². The summed E-state index contributed by atoms with van der Waals surface area (Å²) >= 11 is 8.12. The second-order valence-corrected chi connectivity index (χ2v) is 8.37. The molecule has 5 nitrogen and oxygen atoms in total. The molecule has 3 aromatic heterocycles. The summed E-state index contributed by atoms with van der Waals surface area (Å²) in [5.41, 5.74) is 4.11. The van der Waals surface area contributed by atoms with Gasteiger partial charge in [0.25, 0.3) is 0 Å². The molecule has 0 aliphatic heterocycles. The molecule has 0 atom stereocenters. The van der Waals surface area contributed by atoms with Crippen molar-refractivity contribution in [2.24, 2.45) is 0 Å². The summed E-state index contributed by atoms with van der Waals surface area (Å²) in [6.07, 6.45) is 5.93. The number of halogens is 1. The first-order chi connectivity index (χ1) is 13.7. The van der Waals surface area contributed by atoms with Crippen LogP contribution < -0.4 is 0 Å². The first-order valence-corrected chi connectivity index (χ1v) is 10.6. The number of thioether (sulfide) groups is 1. The zero-order valence-electron chi connectivity index (χ0n) is 15.3. The van der Waals surface area contributed by atoms with Crippen molar-refractivity contribution < 1.29 is 0 Å². The van der Waals surface area contributed by atoms with Gasteiger partial charge in [0, 0.05) is 40.7 Å². The van der Waals surface area contributed by atoms with E-state index in [9.17, 15) is 0 Å². The number of aryl methyl sites for hydroxylation is 1. The molecule has 0 radical (unpaired) electrons. The fraction of sp³-hybridized carbons (Fsp3) is 0.238. The number of hydrogen-bond acceptors (Lipinski definition) is 5. The van der Waals surface area contributed by atoms with Crippen LogP contribution in [0.5, 0.6) is 0 Å². The van der Waals surface area contributed by atoms with Crippen molar-refractivity contribution in [2.45, 2.75) is 36.7 Å². The molecule has 1 aliphatic carbocycles.